The summed E-state index contributed by atoms with van der Waals surface area (Å²) in [4.78, 5) is 25.9. The van der Waals surface area contributed by atoms with Crippen molar-refractivity contribution in [1.29, 1.82) is 0 Å². The number of piperidine rings is 1. The van der Waals surface area contributed by atoms with E-state index in [-0.39, 0.29) is 11.9 Å². The van der Waals surface area contributed by atoms with E-state index in [2.05, 4.69) is 10.6 Å². The molecule has 0 unspecified atom stereocenters. The summed E-state index contributed by atoms with van der Waals surface area (Å²) in [6, 6.07) is 0.238. The van der Waals surface area contributed by atoms with Crippen LogP contribution in [-0.2, 0) is 4.79 Å². The predicted molar refractivity (Wildman–Crippen MR) is 91.0 cm³/mol. The zero-order valence-electron chi connectivity index (χ0n) is 14.2. The molecule has 6 nitrogen and oxygen atoms in total. The quantitative estimate of drug-likeness (QED) is 0.649. The maximum atomic E-state index is 12.1. The van der Waals surface area contributed by atoms with Gasteiger partial charge in [0.25, 0.3) is 0 Å². The van der Waals surface area contributed by atoms with Crippen molar-refractivity contribution in [1.82, 2.24) is 15.5 Å². The summed E-state index contributed by atoms with van der Waals surface area (Å²) < 4.78 is 0. The number of hydrogen-bond acceptors (Lipinski definition) is 3. The minimum absolute atomic E-state index is 0.0897. The summed E-state index contributed by atoms with van der Waals surface area (Å²) in [5.41, 5.74) is 5.67. The molecule has 2 fully saturated rings. The fourth-order valence-corrected chi connectivity index (χ4v) is 3.50. The standard InChI is InChI=1S/C17H32N4O2/c18-13-14-8-11-21(12-9-14)16(22)7-4-10-19-17(23)20-15-5-2-1-3-6-15/h14-15H,1-13,18H2,(H2,19,20,23). The van der Waals surface area contributed by atoms with Crippen LogP contribution in [0.2, 0.25) is 0 Å². The van der Waals surface area contributed by atoms with Crippen molar-refractivity contribution in [2.24, 2.45) is 11.7 Å². The van der Waals surface area contributed by atoms with E-state index in [0.717, 1.165) is 45.3 Å². The van der Waals surface area contributed by atoms with Crippen LogP contribution >= 0.6 is 0 Å². The number of urea groups is 1. The van der Waals surface area contributed by atoms with Crippen LogP contribution in [0.25, 0.3) is 0 Å². The Kier molecular flexibility index (Phi) is 7.65. The molecule has 2 aliphatic rings. The Labute approximate surface area is 139 Å². The van der Waals surface area contributed by atoms with E-state index in [1.54, 1.807) is 0 Å². The van der Waals surface area contributed by atoms with Gasteiger partial charge in [-0.15, -0.1) is 0 Å². The van der Waals surface area contributed by atoms with Crippen LogP contribution in [0.4, 0.5) is 4.79 Å². The summed E-state index contributed by atoms with van der Waals surface area (Å²) in [6.45, 7) is 2.94. The molecule has 23 heavy (non-hydrogen) atoms. The second kappa shape index (κ2) is 9.75. The molecule has 2 rings (SSSR count). The summed E-state index contributed by atoms with van der Waals surface area (Å²) in [5, 5.41) is 5.89. The molecule has 3 amide bonds. The van der Waals surface area contributed by atoms with Gasteiger partial charge in [0.2, 0.25) is 5.91 Å². The summed E-state index contributed by atoms with van der Waals surface area (Å²) in [5.74, 6) is 0.777. The van der Waals surface area contributed by atoms with Gasteiger partial charge in [-0.2, -0.15) is 0 Å². The van der Waals surface area contributed by atoms with E-state index >= 15 is 0 Å². The van der Waals surface area contributed by atoms with Crippen LogP contribution in [0, 0.1) is 5.92 Å². The second-order valence-electron chi connectivity index (χ2n) is 6.90. The van der Waals surface area contributed by atoms with E-state index in [1.807, 2.05) is 4.90 Å². The largest absolute Gasteiger partial charge is 0.343 e. The smallest absolute Gasteiger partial charge is 0.315 e. The highest BCUT2D eigenvalue weighted by Gasteiger charge is 2.21. The van der Waals surface area contributed by atoms with Gasteiger partial charge in [0.1, 0.15) is 0 Å². The first-order valence-electron chi connectivity index (χ1n) is 9.21. The SMILES string of the molecule is NCC1CCN(C(=O)CCCNC(=O)NC2CCCCC2)CC1. The molecule has 132 valence electrons. The lowest BCUT2D eigenvalue weighted by Gasteiger charge is -2.31. The maximum Gasteiger partial charge on any atom is 0.315 e. The van der Waals surface area contributed by atoms with Gasteiger partial charge in [-0.05, 0) is 44.6 Å². The van der Waals surface area contributed by atoms with E-state index in [0.29, 0.717) is 31.3 Å². The van der Waals surface area contributed by atoms with Gasteiger partial charge in [-0.1, -0.05) is 19.3 Å². The fourth-order valence-electron chi connectivity index (χ4n) is 3.50. The molecule has 0 atom stereocenters. The van der Waals surface area contributed by atoms with Crippen LogP contribution < -0.4 is 16.4 Å². The highest BCUT2D eigenvalue weighted by atomic mass is 16.2. The summed E-state index contributed by atoms with van der Waals surface area (Å²) >= 11 is 0. The fraction of sp³-hybridized carbons (Fsp3) is 0.882. The number of nitrogens with two attached hydrogens (primary N) is 1. The van der Waals surface area contributed by atoms with Gasteiger partial charge in [0.15, 0.2) is 0 Å². The van der Waals surface area contributed by atoms with E-state index in [1.165, 1.54) is 19.3 Å². The average molecular weight is 324 g/mol. The topological polar surface area (TPSA) is 87.5 Å². The number of rotatable bonds is 6. The number of likely N-dealkylation sites (tertiary alicyclic amines) is 1. The average Bonchev–Trinajstić information content (AvgIpc) is 2.59. The van der Waals surface area contributed by atoms with Crippen molar-refractivity contribution < 1.29 is 9.59 Å². The van der Waals surface area contributed by atoms with Gasteiger partial charge in [0, 0.05) is 32.1 Å². The monoisotopic (exact) mass is 324 g/mol. The van der Waals surface area contributed by atoms with Crippen LogP contribution in [0.1, 0.15) is 57.8 Å². The first kappa shape index (κ1) is 18.0. The van der Waals surface area contributed by atoms with Crippen molar-refractivity contribution in [3.8, 4) is 0 Å². The number of carbonyl (C=O) groups is 2. The first-order chi connectivity index (χ1) is 11.2. The Hall–Kier alpha value is -1.30. The Morgan fingerprint density at radius 3 is 2.39 bits per heavy atom. The molecule has 0 bridgehead atoms. The lowest BCUT2D eigenvalue weighted by molar-refractivity contribution is -0.132. The van der Waals surface area contributed by atoms with Crippen LogP contribution in [0.5, 0.6) is 0 Å². The van der Waals surface area contributed by atoms with Crippen molar-refractivity contribution >= 4 is 11.9 Å². The maximum absolute atomic E-state index is 12.1. The minimum Gasteiger partial charge on any atom is -0.343 e. The zero-order chi connectivity index (χ0) is 16.5. The zero-order valence-corrected chi connectivity index (χ0v) is 14.2. The van der Waals surface area contributed by atoms with Gasteiger partial charge in [-0.3, -0.25) is 4.79 Å². The van der Waals surface area contributed by atoms with E-state index in [4.69, 9.17) is 5.73 Å². The molecule has 1 saturated carbocycles. The molecule has 0 radical (unpaired) electrons. The molecule has 1 heterocycles. The number of amides is 3. The molecule has 0 aromatic rings. The number of nitrogens with zero attached hydrogens (tertiary/aromatic N) is 1. The van der Waals surface area contributed by atoms with Gasteiger partial charge < -0.3 is 21.3 Å². The molecule has 0 spiro atoms. The summed E-state index contributed by atoms with van der Waals surface area (Å²) in [7, 11) is 0. The highest BCUT2D eigenvalue weighted by molar-refractivity contribution is 5.76. The van der Waals surface area contributed by atoms with Crippen LogP contribution in [0.15, 0.2) is 0 Å². The van der Waals surface area contributed by atoms with Crippen molar-refractivity contribution in [2.75, 3.05) is 26.2 Å². The molecule has 4 N–H and O–H groups in total. The molecule has 1 aliphatic carbocycles. The number of nitrogens with one attached hydrogen (secondary N) is 2. The van der Waals surface area contributed by atoms with Crippen LogP contribution in [-0.4, -0.2) is 49.1 Å². The molecule has 1 aliphatic heterocycles. The molecule has 1 saturated heterocycles. The predicted octanol–water partition coefficient (Wildman–Crippen LogP) is 1.60. The van der Waals surface area contributed by atoms with Gasteiger partial charge in [0.05, 0.1) is 0 Å². The normalized spacial score (nSPS) is 20.3. The Morgan fingerprint density at radius 1 is 1.04 bits per heavy atom. The molecule has 0 aromatic carbocycles. The first-order valence-corrected chi connectivity index (χ1v) is 9.21. The molecular weight excluding hydrogens is 292 g/mol. The third-order valence-electron chi connectivity index (χ3n) is 5.09. The Morgan fingerprint density at radius 2 is 1.74 bits per heavy atom. The lowest BCUT2D eigenvalue weighted by Crippen LogP contribution is -2.43. The Bertz CT molecular complexity index is 375. The van der Waals surface area contributed by atoms with Crippen LogP contribution in [0.3, 0.4) is 0 Å². The number of hydrogen-bond donors (Lipinski definition) is 3. The Balaban J connectivity index is 1.52. The summed E-state index contributed by atoms with van der Waals surface area (Å²) in [6.07, 6.45) is 9.12. The van der Waals surface area contributed by atoms with E-state index < -0.39 is 0 Å². The van der Waals surface area contributed by atoms with Crippen molar-refractivity contribution in [2.45, 2.75) is 63.8 Å². The number of carbonyl (C=O) groups excluding carboxylic acids is 2. The second-order valence-corrected chi connectivity index (χ2v) is 6.90. The molecule has 6 heteroatoms. The third kappa shape index (κ3) is 6.37. The van der Waals surface area contributed by atoms with E-state index in [9.17, 15) is 9.59 Å². The van der Waals surface area contributed by atoms with Crippen molar-refractivity contribution in [3.05, 3.63) is 0 Å². The third-order valence-corrected chi connectivity index (χ3v) is 5.09. The molecular formula is C17H32N4O2. The minimum atomic E-state index is -0.0897. The highest BCUT2D eigenvalue weighted by Crippen LogP contribution is 2.17. The van der Waals surface area contributed by atoms with Crippen molar-refractivity contribution in [3.63, 3.8) is 0 Å². The van der Waals surface area contributed by atoms with Gasteiger partial charge in [-0.25, -0.2) is 4.79 Å². The molecule has 0 aromatic heterocycles. The lowest BCUT2D eigenvalue weighted by atomic mass is 9.96. The van der Waals surface area contributed by atoms with Gasteiger partial charge >= 0.3 is 6.03 Å².